The second-order valence-electron chi connectivity index (χ2n) is 4.00. The van der Waals surface area contributed by atoms with Gasteiger partial charge in [-0.2, -0.15) is 0 Å². The minimum atomic E-state index is -0.481. The first-order valence-electron chi connectivity index (χ1n) is 5.41. The molecule has 6 heteroatoms. The van der Waals surface area contributed by atoms with Crippen LogP contribution < -0.4 is 11.1 Å². The number of amides is 1. The molecule has 0 fully saturated rings. The van der Waals surface area contributed by atoms with Crippen LogP contribution in [0.2, 0.25) is 5.02 Å². The minimum absolute atomic E-state index is 0. The lowest BCUT2D eigenvalue weighted by Gasteiger charge is -2.18. The normalized spacial score (nSPS) is 13.4. The number of rotatable bonds is 4. The van der Waals surface area contributed by atoms with Crippen molar-refractivity contribution in [3.8, 4) is 0 Å². The fraction of sp³-hybridized carbons (Fsp3) is 0.417. The lowest BCUT2D eigenvalue weighted by atomic mass is 10.1. The molecule has 0 heterocycles. The van der Waals surface area contributed by atoms with Crippen LogP contribution >= 0.6 is 24.0 Å². The maximum absolute atomic E-state index is 13.6. The predicted molar refractivity (Wildman–Crippen MR) is 73.4 cm³/mol. The van der Waals surface area contributed by atoms with E-state index < -0.39 is 11.9 Å². The number of hydrogen-bond acceptors (Lipinski definition) is 2. The van der Waals surface area contributed by atoms with E-state index in [4.69, 9.17) is 17.3 Å². The van der Waals surface area contributed by atoms with Gasteiger partial charge in [0.15, 0.2) is 0 Å². The van der Waals surface area contributed by atoms with Gasteiger partial charge in [-0.1, -0.05) is 24.6 Å². The molecule has 0 saturated carbocycles. The number of carbonyl (C=O) groups excluding carboxylic acids is 1. The van der Waals surface area contributed by atoms with Gasteiger partial charge in [-0.25, -0.2) is 4.39 Å². The van der Waals surface area contributed by atoms with E-state index in [0.29, 0.717) is 10.6 Å². The summed E-state index contributed by atoms with van der Waals surface area (Å²) in [5, 5.41) is 2.99. The molecule has 18 heavy (non-hydrogen) atoms. The molecule has 3 N–H and O–H groups in total. The highest BCUT2D eigenvalue weighted by atomic mass is 35.5. The van der Waals surface area contributed by atoms with E-state index in [-0.39, 0.29) is 30.8 Å². The molecule has 0 saturated heterocycles. The molecule has 0 aromatic heterocycles. The molecular weight excluding hydrogens is 278 g/mol. The second kappa shape index (κ2) is 7.56. The summed E-state index contributed by atoms with van der Waals surface area (Å²) in [5.41, 5.74) is 5.68. The Bertz CT molecular complexity index is 395. The molecular formula is C12H17Cl2FN2O. The first kappa shape index (κ1) is 17.2. The van der Waals surface area contributed by atoms with Crippen LogP contribution in [0.4, 0.5) is 4.39 Å². The highest BCUT2D eigenvalue weighted by Crippen LogP contribution is 2.25. The summed E-state index contributed by atoms with van der Waals surface area (Å²) in [6, 6.07) is 3.95. The molecule has 0 aliphatic rings. The van der Waals surface area contributed by atoms with E-state index in [2.05, 4.69) is 5.32 Å². The third-order valence-electron chi connectivity index (χ3n) is 2.59. The van der Waals surface area contributed by atoms with Crippen molar-refractivity contribution in [1.82, 2.24) is 5.32 Å². The Morgan fingerprint density at radius 1 is 1.50 bits per heavy atom. The van der Waals surface area contributed by atoms with E-state index in [1.807, 2.05) is 0 Å². The quantitative estimate of drug-likeness (QED) is 0.897. The molecule has 3 nitrogen and oxygen atoms in total. The van der Waals surface area contributed by atoms with Gasteiger partial charge in [0, 0.05) is 23.0 Å². The largest absolute Gasteiger partial charge is 0.349 e. The predicted octanol–water partition coefficient (Wildman–Crippen LogP) is 2.67. The first-order chi connectivity index (χ1) is 7.97. The SMILES string of the molecule is CC(CN)C(=O)NC(C)c1c(F)cccc1Cl.Cl. The zero-order valence-corrected chi connectivity index (χ0v) is 11.8. The zero-order valence-electron chi connectivity index (χ0n) is 10.2. The molecule has 1 aromatic rings. The maximum atomic E-state index is 13.6. The fourth-order valence-electron chi connectivity index (χ4n) is 1.46. The molecule has 2 atom stereocenters. The summed E-state index contributed by atoms with van der Waals surface area (Å²) in [4.78, 5) is 11.6. The Kier molecular flexibility index (Phi) is 7.21. The maximum Gasteiger partial charge on any atom is 0.224 e. The summed E-state index contributed by atoms with van der Waals surface area (Å²) >= 11 is 5.91. The Labute approximate surface area is 117 Å². The first-order valence-corrected chi connectivity index (χ1v) is 5.79. The number of nitrogens with two attached hydrogens (primary N) is 1. The summed E-state index contributed by atoms with van der Waals surface area (Å²) in [6.45, 7) is 3.65. The van der Waals surface area contributed by atoms with Crippen molar-refractivity contribution >= 4 is 29.9 Å². The van der Waals surface area contributed by atoms with E-state index in [0.717, 1.165) is 0 Å². The van der Waals surface area contributed by atoms with Crippen molar-refractivity contribution in [2.75, 3.05) is 6.54 Å². The average molecular weight is 295 g/mol. The van der Waals surface area contributed by atoms with Crippen LogP contribution in [0.5, 0.6) is 0 Å². The van der Waals surface area contributed by atoms with Crippen LogP contribution in [0.3, 0.4) is 0 Å². The van der Waals surface area contributed by atoms with E-state index in [9.17, 15) is 9.18 Å². The van der Waals surface area contributed by atoms with Gasteiger partial charge in [0.25, 0.3) is 0 Å². The summed E-state index contributed by atoms with van der Waals surface area (Å²) in [7, 11) is 0. The second-order valence-corrected chi connectivity index (χ2v) is 4.41. The lowest BCUT2D eigenvalue weighted by Crippen LogP contribution is -2.35. The van der Waals surface area contributed by atoms with Crippen LogP contribution in [-0.2, 0) is 4.79 Å². The zero-order chi connectivity index (χ0) is 13.0. The van der Waals surface area contributed by atoms with Crippen molar-refractivity contribution in [3.63, 3.8) is 0 Å². The van der Waals surface area contributed by atoms with Crippen molar-refractivity contribution in [1.29, 1.82) is 0 Å². The van der Waals surface area contributed by atoms with Crippen molar-refractivity contribution in [3.05, 3.63) is 34.6 Å². The standard InChI is InChI=1S/C12H16ClFN2O.ClH/c1-7(6-15)12(17)16-8(2)11-9(13)4-3-5-10(11)14;/h3-5,7-8H,6,15H2,1-2H3,(H,16,17);1H. The Hall–Kier alpha value is -0.840. The van der Waals surface area contributed by atoms with Crippen LogP contribution in [0.25, 0.3) is 0 Å². The molecule has 2 unspecified atom stereocenters. The van der Waals surface area contributed by atoms with Gasteiger partial charge in [-0.15, -0.1) is 12.4 Å². The monoisotopic (exact) mass is 294 g/mol. The number of halogens is 3. The summed E-state index contributed by atoms with van der Waals surface area (Å²) in [5.74, 6) is -0.937. The number of hydrogen-bond donors (Lipinski definition) is 2. The van der Waals surface area contributed by atoms with Crippen molar-refractivity contribution in [2.45, 2.75) is 19.9 Å². The average Bonchev–Trinajstić information content (AvgIpc) is 2.27. The van der Waals surface area contributed by atoms with Crippen molar-refractivity contribution in [2.24, 2.45) is 11.7 Å². The molecule has 1 rings (SSSR count). The van der Waals surface area contributed by atoms with Gasteiger partial charge in [-0.3, -0.25) is 4.79 Å². The highest BCUT2D eigenvalue weighted by molar-refractivity contribution is 6.31. The van der Waals surface area contributed by atoms with Crippen LogP contribution in [0.15, 0.2) is 18.2 Å². The summed E-state index contributed by atoms with van der Waals surface area (Å²) < 4.78 is 13.6. The van der Waals surface area contributed by atoms with E-state index >= 15 is 0 Å². The molecule has 0 aliphatic carbocycles. The van der Waals surface area contributed by atoms with Gasteiger partial charge in [0.1, 0.15) is 5.82 Å². The Balaban J connectivity index is 0.00000289. The molecule has 1 aromatic carbocycles. The third-order valence-corrected chi connectivity index (χ3v) is 2.92. The molecule has 0 spiro atoms. The van der Waals surface area contributed by atoms with E-state index in [1.54, 1.807) is 19.9 Å². The highest BCUT2D eigenvalue weighted by Gasteiger charge is 2.19. The smallest absolute Gasteiger partial charge is 0.224 e. The molecule has 0 bridgehead atoms. The van der Waals surface area contributed by atoms with Crippen molar-refractivity contribution < 1.29 is 9.18 Å². The van der Waals surface area contributed by atoms with Crippen LogP contribution in [0, 0.1) is 11.7 Å². The molecule has 0 radical (unpaired) electrons. The fourth-order valence-corrected chi connectivity index (χ4v) is 1.79. The number of carbonyl (C=O) groups is 1. The third kappa shape index (κ3) is 4.12. The van der Waals surface area contributed by atoms with Gasteiger partial charge >= 0.3 is 0 Å². The molecule has 0 aliphatic heterocycles. The van der Waals surface area contributed by atoms with Gasteiger partial charge in [0.2, 0.25) is 5.91 Å². The van der Waals surface area contributed by atoms with Gasteiger partial charge in [0.05, 0.1) is 6.04 Å². The Morgan fingerprint density at radius 3 is 2.61 bits per heavy atom. The molecule has 1 amide bonds. The molecule has 102 valence electrons. The van der Waals surface area contributed by atoms with Gasteiger partial charge in [-0.05, 0) is 19.1 Å². The number of benzene rings is 1. The van der Waals surface area contributed by atoms with Crippen LogP contribution in [-0.4, -0.2) is 12.5 Å². The summed E-state index contributed by atoms with van der Waals surface area (Å²) in [6.07, 6.45) is 0. The minimum Gasteiger partial charge on any atom is -0.349 e. The van der Waals surface area contributed by atoms with E-state index in [1.165, 1.54) is 12.1 Å². The van der Waals surface area contributed by atoms with Gasteiger partial charge < -0.3 is 11.1 Å². The number of nitrogens with one attached hydrogen (secondary N) is 1. The lowest BCUT2D eigenvalue weighted by molar-refractivity contribution is -0.124. The topological polar surface area (TPSA) is 55.1 Å². The van der Waals surface area contributed by atoms with Crippen LogP contribution in [0.1, 0.15) is 25.5 Å². The Morgan fingerprint density at radius 2 is 2.11 bits per heavy atom.